The van der Waals surface area contributed by atoms with Gasteiger partial charge in [-0.25, -0.2) is 0 Å². The van der Waals surface area contributed by atoms with Gasteiger partial charge in [0.15, 0.2) is 0 Å². The molecule has 1 nitrogen and oxygen atoms in total. The lowest BCUT2D eigenvalue weighted by Gasteiger charge is -2.32. The van der Waals surface area contributed by atoms with E-state index in [1.165, 1.54) is 0 Å². The molecule has 0 rings (SSSR count). The molecule has 0 fully saturated rings. The molecule has 0 N–H and O–H groups in total. The maximum absolute atomic E-state index is 5.67. The van der Waals surface area contributed by atoms with Gasteiger partial charge in [0, 0.05) is 0 Å². The third kappa shape index (κ3) is 4.56. The highest BCUT2D eigenvalue weighted by Gasteiger charge is 2.19. The van der Waals surface area contributed by atoms with Crippen LogP contribution in [0.5, 0.6) is 0 Å². The molecular formula is C8H16Cl3N. The standard InChI is InChI=1S/C8H16Cl2N.ClH/c1-3-11(4-2,7-5-9)8-6-10;/h3H,1,4-8H2,2H3;1H/q+1;/p-1. The fraction of sp³-hybridized carbons (Fsp3) is 0.750. The summed E-state index contributed by atoms with van der Waals surface area (Å²) in [5.74, 6) is 1.33. The Morgan fingerprint density at radius 1 is 1.25 bits per heavy atom. The number of halogens is 3. The molecule has 0 aromatic heterocycles. The number of quaternary nitrogens is 1. The normalized spacial score (nSPS) is 10.6. The van der Waals surface area contributed by atoms with Crippen molar-refractivity contribution in [1.29, 1.82) is 0 Å². The van der Waals surface area contributed by atoms with E-state index in [0.29, 0.717) is 11.8 Å². The predicted octanol–water partition coefficient (Wildman–Crippen LogP) is -0.552. The average Bonchev–Trinajstić information content (AvgIpc) is 2.04. The SMILES string of the molecule is C=C[N+](CC)(CCCl)CCCl.[Cl-]. The first-order valence-electron chi connectivity index (χ1n) is 3.86. The van der Waals surface area contributed by atoms with Crippen LogP contribution < -0.4 is 12.4 Å². The molecule has 0 spiro atoms. The Morgan fingerprint density at radius 2 is 1.67 bits per heavy atom. The molecule has 12 heavy (non-hydrogen) atoms. The van der Waals surface area contributed by atoms with E-state index < -0.39 is 0 Å². The highest BCUT2D eigenvalue weighted by molar-refractivity contribution is 6.18. The van der Waals surface area contributed by atoms with Crippen LogP contribution in [0, 0.1) is 0 Å². The molecule has 4 heteroatoms. The Hall–Kier alpha value is 0.570. The van der Waals surface area contributed by atoms with Crippen LogP contribution in [0.4, 0.5) is 0 Å². The van der Waals surface area contributed by atoms with Gasteiger partial charge in [-0.1, -0.05) is 0 Å². The second kappa shape index (κ2) is 8.18. The van der Waals surface area contributed by atoms with Crippen molar-refractivity contribution in [2.75, 3.05) is 31.4 Å². The molecule has 0 heterocycles. The molecule has 0 saturated heterocycles. The molecule has 0 aromatic carbocycles. The quantitative estimate of drug-likeness (QED) is 0.426. The largest absolute Gasteiger partial charge is 1.00 e. The molecule has 0 saturated carbocycles. The lowest BCUT2D eigenvalue weighted by molar-refractivity contribution is -0.872. The zero-order valence-corrected chi connectivity index (χ0v) is 9.67. The molecule has 0 aliphatic heterocycles. The highest BCUT2D eigenvalue weighted by atomic mass is 35.5. The summed E-state index contributed by atoms with van der Waals surface area (Å²) in [5.41, 5.74) is 0. The zero-order chi connectivity index (χ0) is 8.74. The van der Waals surface area contributed by atoms with Crippen molar-refractivity contribution in [3.63, 3.8) is 0 Å². The molecule has 0 radical (unpaired) electrons. The lowest BCUT2D eigenvalue weighted by atomic mass is 10.4. The summed E-state index contributed by atoms with van der Waals surface area (Å²) in [6, 6.07) is 0. The van der Waals surface area contributed by atoms with E-state index in [9.17, 15) is 0 Å². The van der Waals surface area contributed by atoms with Crippen LogP contribution in [-0.2, 0) is 0 Å². The summed E-state index contributed by atoms with van der Waals surface area (Å²) in [4.78, 5) is 0. The molecular weight excluding hydrogens is 216 g/mol. The van der Waals surface area contributed by atoms with E-state index in [-0.39, 0.29) is 12.4 Å². The smallest absolute Gasteiger partial charge is 0.0966 e. The third-order valence-electron chi connectivity index (χ3n) is 2.08. The van der Waals surface area contributed by atoms with Gasteiger partial charge in [-0.15, -0.1) is 23.2 Å². The average molecular weight is 233 g/mol. The minimum absolute atomic E-state index is 0. The number of alkyl halides is 2. The van der Waals surface area contributed by atoms with Crippen LogP contribution in [-0.4, -0.2) is 35.9 Å². The monoisotopic (exact) mass is 231 g/mol. The van der Waals surface area contributed by atoms with Crippen LogP contribution in [0.1, 0.15) is 6.92 Å². The minimum atomic E-state index is 0. The predicted molar refractivity (Wildman–Crippen MR) is 52.2 cm³/mol. The van der Waals surface area contributed by atoms with Gasteiger partial charge in [0.25, 0.3) is 0 Å². The van der Waals surface area contributed by atoms with E-state index in [4.69, 9.17) is 23.2 Å². The van der Waals surface area contributed by atoms with E-state index in [0.717, 1.165) is 24.1 Å². The maximum atomic E-state index is 5.67. The van der Waals surface area contributed by atoms with Crippen molar-refractivity contribution in [2.24, 2.45) is 0 Å². The van der Waals surface area contributed by atoms with Crippen LogP contribution >= 0.6 is 23.2 Å². The van der Waals surface area contributed by atoms with E-state index in [1.54, 1.807) is 0 Å². The molecule has 0 bridgehead atoms. The Labute approximate surface area is 91.3 Å². The van der Waals surface area contributed by atoms with Gasteiger partial charge in [-0.05, 0) is 13.5 Å². The lowest BCUT2D eigenvalue weighted by Crippen LogP contribution is -3.00. The van der Waals surface area contributed by atoms with E-state index in [2.05, 4.69) is 13.5 Å². The Balaban J connectivity index is 0. The Morgan fingerprint density at radius 3 is 1.83 bits per heavy atom. The van der Waals surface area contributed by atoms with E-state index >= 15 is 0 Å². The molecule has 0 unspecified atom stereocenters. The minimum Gasteiger partial charge on any atom is -1.00 e. The number of hydrogen-bond donors (Lipinski definition) is 0. The molecule has 0 aliphatic carbocycles. The zero-order valence-electron chi connectivity index (χ0n) is 7.40. The number of rotatable bonds is 6. The maximum Gasteiger partial charge on any atom is 0.0966 e. The summed E-state index contributed by atoms with van der Waals surface area (Å²) >= 11 is 11.3. The molecule has 0 aromatic rings. The summed E-state index contributed by atoms with van der Waals surface area (Å²) in [5, 5.41) is 0. The first kappa shape index (κ1) is 15.1. The summed E-state index contributed by atoms with van der Waals surface area (Å²) in [6.07, 6.45) is 1.94. The van der Waals surface area contributed by atoms with Gasteiger partial charge in [-0.2, -0.15) is 0 Å². The van der Waals surface area contributed by atoms with Crippen molar-refractivity contribution in [3.8, 4) is 0 Å². The molecule has 0 atom stereocenters. The fourth-order valence-electron chi connectivity index (χ4n) is 1.08. The second-order valence-electron chi connectivity index (χ2n) is 2.54. The molecule has 74 valence electrons. The van der Waals surface area contributed by atoms with Crippen LogP contribution in [0.2, 0.25) is 0 Å². The van der Waals surface area contributed by atoms with Gasteiger partial charge in [0.1, 0.15) is 0 Å². The summed E-state index contributed by atoms with van der Waals surface area (Å²) < 4.78 is 0.826. The van der Waals surface area contributed by atoms with Gasteiger partial charge >= 0.3 is 0 Å². The van der Waals surface area contributed by atoms with E-state index in [1.807, 2.05) is 6.20 Å². The van der Waals surface area contributed by atoms with Crippen LogP contribution in [0.25, 0.3) is 0 Å². The fourth-order valence-corrected chi connectivity index (χ4v) is 1.75. The summed E-state index contributed by atoms with van der Waals surface area (Å²) in [6.45, 7) is 8.79. The first-order chi connectivity index (χ1) is 5.24. The van der Waals surface area contributed by atoms with Gasteiger partial charge < -0.3 is 12.4 Å². The Kier molecular flexibility index (Phi) is 10.3. The van der Waals surface area contributed by atoms with Crippen LogP contribution in [0.15, 0.2) is 12.8 Å². The number of hydrogen-bond acceptors (Lipinski definition) is 0. The Bertz CT molecular complexity index is 111. The van der Waals surface area contributed by atoms with Crippen molar-refractivity contribution in [3.05, 3.63) is 12.8 Å². The van der Waals surface area contributed by atoms with Crippen molar-refractivity contribution >= 4 is 23.2 Å². The van der Waals surface area contributed by atoms with Crippen molar-refractivity contribution in [2.45, 2.75) is 6.92 Å². The third-order valence-corrected chi connectivity index (χ3v) is 2.41. The van der Waals surface area contributed by atoms with Gasteiger partial charge in [0.2, 0.25) is 0 Å². The molecule has 0 aliphatic rings. The second-order valence-corrected chi connectivity index (χ2v) is 3.30. The first-order valence-corrected chi connectivity index (χ1v) is 4.93. The van der Waals surface area contributed by atoms with Crippen molar-refractivity contribution in [1.82, 2.24) is 0 Å². The highest BCUT2D eigenvalue weighted by Crippen LogP contribution is 2.07. The summed E-state index contributed by atoms with van der Waals surface area (Å²) in [7, 11) is 0. The number of nitrogens with zero attached hydrogens (tertiary/aromatic N) is 1. The molecule has 0 amide bonds. The van der Waals surface area contributed by atoms with Crippen molar-refractivity contribution < 1.29 is 16.9 Å². The van der Waals surface area contributed by atoms with Gasteiger partial charge in [0.05, 0.1) is 37.6 Å². The van der Waals surface area contributed by atoms with Gasteiger partial charge in [-0.3, -0.25) is 4.48 Å². The van der Waals surface area contributed by atoms with Crippen LogP contribution in [0.3, 0.4) is 0 Å². The topological polar surface area (TPSA) is 0 Å².